The van der Waals surface area contributed by atoms with Gasteiger partial charge in [-0.05, 0) is 22.0 Å². The van der Waals surface area contributed by atoms with Crippen LogP contribution in [-0.2, 0) is 13.2 Å². The first-order chi connectivity index (χ1) is 11.1. The summed E-state index contributed by atoms with van der Waals surface area (Å²) in [6, 6.07) is 5.20. The number of nitriles is 1. The molecule has 0 spiro atoms. The highest BCUT2D eigenvalue weighted by Crippen LogP contribution is 2.08. The Morgan fingerprint density at radius 2 is 2.09 bits per heavy atom. The number of nitrogens with one attached hydrogen (secondary N) is 1. The maximum atomic E-state index is 12.1. The summed E-state index contributed by atoms with van der Waals surface area (Å²) in [5.74, 6) is 0.00316. The summed E-state index contributed by atoms with van der Waals surface area (Å²) in [5.41, 5.74) is 0.269. The van der Waals surface area contributed by atoms with E-state index in [0.29, 0.717) is 12.5 Å². The Bertz CT molecular complexity index is 871. The van der Waals surface area contributed by atoms with E-state index < -0.39 is 0 Å². The van der Waals surface area contributed by atoms with Crippen molar-refractivity contribution in [1.82, 2.24) is 29.3 Å². The smallest absolute Gasteiger partial charge is 0.277 e. The summed E-state index contributed by atoms with van der Waals surface area (Å²) in [6.45, 7) is 0.527. The molecule has 3 aromatic heterocycles. The highest BCUT2D eigenvalue weighted by atomic mass is 79.9. The zero-order chi connectivity index (χ0) is 16.2. The number of anilines is 1. The summed E-state index contributed by atoms with van der Waals surface area (Å²) in [4.78, 5) is 12.1. The van der Waals surface area contributed by atoms with Crippen LogP contribution in [0.5, 0.6) is 0 Å². The van der Waals surface area contributed by atoms with Crippen molar-refractivity contribution < 1.29 is 4.79 Å². The first-order valence-electron chi connectivity index (χ1n) is 6.57. The Hall–Kier alpha value is -2.93. The fourth-order valence-electron chi connectivity index (χ4n) is 1.89. The Morgan fingerprint density at radius 3 is 2.83 bits per heavy atom. The number of hydrogen-bond donors (Lipinski definition) is 1. The van der Waals surface area contributed by atoms with Crippen LogP contribution in [0.15, 0.2) is 41.4 Å². The standard InChI is InChI=1S/C13H11BrN8O/c14-10-7-16-22(8-10)9-21-4-1-11(18-21)13(23)17-12-2-5-20(19-12)6-3-15/h1-2,4-5,7-8H,6,9H2,(H,17,19,23). The summed E-state index contributed by atoms with van der Waals surface area (Å²) >= 11 is 3.32. The molecular weight excluding hydrogens is 364 g/mol. The van der Waals surface area contributed by atoms with E-state index in [2.05, 4.69) is 36.5 Å². The van der Waals surface area contributed by atoms with E-state index in [0.717, 1.165) is 4.47 Å². The number of rotatable bonds is 5. The predicted molar refractivity (Wildman–Crippen MR) is 83.3 cm³/mol. The predicted octanol–water partition coefficient (Wildman–Crippen LogP) is 1.32. The van der Waals surface area contributed by atoms with Gasteiger partial charge in [0.1, 0.15) is 13.2 Å². The molecule has 0 aromatic carbocycles. The molecule has 1 amide bonds. The van der Waals surface area contributed by atoms with Crippen molar-refractivity contribution in [1.29, 1.82) is 5.26 Å². The van der Waals surface area contributed by atoms with Crippen molar-refractivity contribution in [2.45, 2.75) is 13.2 Å². The number of carbonyl (C=O) groups is 1. The average Bonchev–Trinajstić information content (AvgIpc) is 3.23. The van der Waals surface area contributed by atoms with Gasteiger partial charge in [0.05, 0.1) is 16.7 Å². The minimum Gasteiger partial charge on any atom is -0.304 e. The van der Waals surface area contributed by atoms with Gasteiger partial charge in [-0.2, -0.15) is 20.6 Å². The number of amides is 1. The number of hydrogen-bond acceptors (Lipinski definition) is 5. The molecule has 0 fully saturated rings. The molecule has 1 N–H and O–H groups in total. The lowest BCUT2D eigenvalue weighted by atomic mass is 10.4. The first-order valence-corrected chi connectivity index (χ1v) is 7.36. The average molecular weight is 375 g/mol. The van der Waals surface area contributed by atoms with Crippen LogP contribution in [0.25, 0.3) is 0 Å². The van der Waals surface area contributed by atoms with E-state index in [9.17, 15) is 4.79 Å². The van der Waals surface area contributed by atoms with Crippen molar-refractivity contribution >= 4 is 27.7 Å². The van der Waals surface area contributed by atoms with Crippen LogP contribution in [0.2, 0.25) is 0 Å². The van der Waals surface area contributed by atoms with Gasteiger partial charge in [-0.3, -0.25) is 14.2 Å². The summed E-state index contributed by atoms with van der Waals surface area (Å²) < 4.78 is 5.59. The zero-order valence-corrected chi connectivity index (χ0v) is 13.4. The minimum absolute atomic E-state index is 0.129. The van der Waals surface area contributed by atoms with Crippen LogP contribution in [0.4, 0.5) is 5.82 Å². The highest BCUT2D eigenvalue weighted by molar-refractivity contribution is 9.10. The second kappa shape index (κ2) is 6.45. The van der Waals surface area contributed by atoms with Gasteiger partial charge in [0, 0.05) is 24.7 Å². The Kier molecular flexibility index (Phi) is 4.20. The minimum atomic E-state index is -0.368. The quantitative estimate of drug-likeness (QED) is 0.724. The van der Waals surface area contributed by atoms with Gasteiger partial charge in [-0.25, -0.2) is 4.68 Å². The molecule has 3 rings (SSSR count). The summed E-state index contributed by atoms with van der Waals surface area (Å²) in [6.07, 6.45) is 6.80. The molecule has 0 aliphatic heterocycles. The van der Waals surface area contributed by atoms with Crippen LogP contribution in [0.3, 0.4) is 0 Å². The van der Waals surface area contributed by atoms with Gasteiger partial charge in [0.15, 0.2) is 11.5 Å². The van der Waals surface area contributed by atoms with Crippen molar-refractivity contribution in [3.8, 4) is 6.07 Å². The molecule has 0 bridgehead atoms. The van der Waals surface area contributed by atoms with E-state index in [1.54, 1.807) is 40.1 Å². The largest absolute Gasteiger partial charge is 0.304 e. The zero-order valence-electron chi connectivity index (χ0n) is 11.8. The van der Waals surface area contributed by atoms with Gasteiger partial charge in [0.25, 0.3) is 5.91 Å². The molecule has 23 heavy (non-hydrogen) atoms. The number of carbonyl (C=O) groups excluding carboxylic acids is 1. The van der Waals surface area contributed by atoms with Crippen molar-refractivity contribution in [3.05, 3.63) is 47.1 Å². The monoisotopic (exact) mass is 374 g/mol. The maximum absolute atomic E-state index is 12.1. The SMILES string of the molecule is N#CCn1ccc(NC(=O)c2ccn(Cn3cc(Br)cn3)n2)n1. The van der Waals surface area contributed by atoms with E-state index in [1.165, 1.54) is 4.68 Å². The molecule has 0 atom stereocenters. The first kappa shape index (κ1) is 15.0. The molecule has 10 heteroatoms. The van der Waals surface area contributed by atoms with Crippen LogP contribution < -0.4 is 5.32 Å². The highest BCUT2D eigenvalue weighted by Gasteiger charge is 2.11. The molecule has 116 valence electrons. The number of aromatic nitrogens is 6. The molecule has 3 aromatic rings. The van der Waals surface area contributed by atoms with Gasteiger partial charge in [0.2, 0.25) is 0 Å². The Labute approximate surface area is 139 Å². The second-order valence-electron chi connectivity index (χ2n) is 4.59. The number of halogens is 1. The van der Waals surface area contributed by atoms with Gasteiger partial charge in [-0.15, -0.1) is 0 Å². The third-order valence-corrected chi connectivity index (χ3v) is 3.29. The lowest BCUT2D eigenvalue weighted by molar-refractivity contribution is 0.102. The van der Waals surface area contributed by atoms with Crippen molar-refractivity contribution in [2.24, 2.45) is 0 Å². The van der Waals surface area contributed by atoms with Gasteiger partial charge >= 0.3 is 0 Å². The van der Waals surface area contributed by atoms with Crippen LogP contribution in [0.1, 0.15) is 10.5 Å². The van der Waals surface area contributed by atoms with Crippen LogP contribution in [-0.4, -0.2) is 35.2 Å². The van der Waals surface area contributed by atoms with Crippen molar-refractivity contribution in [2.75, 3.05) is 5.32 Å². The van der Waals surface area contributed by atoms with E-state index in [4.69, 9.17) is 5.26 Å². The lowest BCUT2D eigenvalue weighted by Crippen LogP contribution is -2.15. The van der Waals surface area contributed by atoms with Gasteiger partial charge < -0.3 is 5.32 Å². The Balaban J connectivity index is 1.64. The van der Waals surface area contributed by atoms with Gasteiger partial charge in [-0.1, -0.05) is 0 Å². The molecule has 0 radical (unpaired) electrons. The third kappa shape index (κ3) is 3.64. The normalized spacial score (nSPS) is 10.4. The fraction of sp³-hybridized carbons (Fsp3) is 0.154. The fourth-order valence-corrected chi connectivity index (χ4v) is 2.22. The van der Waals surface area contributed by atoms with Crippen molar-refractivity contribution in [3.63, 3.8) is 0 Å². The van der Waals surface area contributed by atoms with E-state index in [-0.39, 0.29) is 18.1 Å². The number of nitrogens with zero attached hydrogens (tertiary/aromatic N) is 7. The molecule has 0 aliphatic carbocycles. The lowest BCUT2D eigenvalue weighted by Gasteiger charge is -2.01. The molecule has 9 nitrogen and oxygen atoms in total. The molecule has 3 heterocycles. The maximum Gasteiger partial charge on any atom is 0.277 e. The third-order valence-electron chi connectivity index (χ3n) is 2.88. The molecule has 0 saturated carbocycles. The summed E-state index contributed by atoms with van der Waals surface area (Å²) in [7, 11) is 0. The second-order valence-corrected chi connectivity index (χ2v) is 5.51. The van der Waals surface area contributed by atoms with Crippen LogP contribution >= 0.6 is 15.9 Å². The van der Waals surface area contributed by atoms with Crippen LogP contribution in [0, 0.1) is 11.3 Å². The molecule has 0 saturated heterocycles. The molecule has 0 aliphatic rings. The van der Waals surface area contributed by atoms with E-state index in [1.807, 2.05) is 12.3 Å². The van der Waals surface area contributed by atoms with E-state index >= 15 is 0 Å². The Morgan fingerprint density at radius 1 is 1.26 bits per heavy atom. The topological polar surface area (TPSA) is 106 Å². The molecule has 0 unspecified atom stereocenters. The molecular formula is C13H11BrN8O. The summed E-state index contributed by atoms with van der Waals surface area (Å²) in [5, 5.41) is 23.6.